The fourth-order valence-corrected chi connectivity index (χ4v) is 8.19. The Hall–Kier alpha value is -2.46. The molecule has 0 radical (unpaired) electrons. The van der Waals surface area contributed by atoms with E-state index < -0.39 is 20.4 Å². The summed E-state index contributed by atoms with van der Waals surface area (Å²) in [5.74, 6) is 1.55. The van der Waals surface area contributed by atoms with Gasteiger partial charge in [0.25, 0.3) is 0 Å². The Morgan fingerprint density at radius 1 is 1.02 bits per heavy atom. The largest absolute Gasteiger partial charge is 0.497 e. The molecule has 8 atom stereocenters. The zero-order valence-electron chi connectivity index (χ0n) is 28.1. The van der Waals surface area contributed by atoms with Gasteiger partial charge in [0.05, 0.1) is 33.4 Å². The van der Waals surface area contributed by atoms with E-state index in [-0.39, 0.29) is 47.3 Å². The molecule has 9 heteroatoms. The number of allylic oxidation sites excluding steroid dienone is 2. The van der Waals surface area contributed by atoms with Crippen molar-refractivity contribution in [2.75, 3.05) is 21.3 Å². The number of ether oxygens (including phenoxy) is 3. The molecule has 0 spiro atoms. The molecule has 1 aromatic carbocycles. The molecule has 1 heterocycles. The van der Waals surface area contributed by atoms with E-state index in [9.17, 15) is 9.59 Å². The minimum Gasteiger partial charge on any atom is -0.497 e. The fraction of sp³-hybridized carbons (Fsp3) is 0.657. The molecule has 4 rings (SSSR count). The van der Waals surface area contributed by atoms with E-state index in [0.717, 1.165) is 24.2 Å². The Morgan fingerprint density at radius 3 is 2.36 bits per heavy atom. The predicted octanol–water partition coefficient (Wildman–Crippen LogP) is 6.72. The van der Waals surface area contributed by atoms with Crippen molar-refractivity contribution < 1.29 is 33.1 Å². The average molecular weight is 628 g/mol. The molecule has 2 aliphatic carbocycles. The summed E-state index contributed by atoms with van der Waals surface area (Å²) in [6, 6.07) is 8.03. The highest BCUT2D eigenvalue weighted by atomic mass is 28.4. The molecule has 44 heavy (non-hydrogen) atoms. The molecular formula is C35H53NO7Si. The summed E-state index contributed by atoms with van der Waals surface area (Å²) in [5, 5.41) is 1.20. The van der Waals surface area contributed by atoms with Gasteiger partial charge in [0.2, 0.25) is 5.91 Å². The third kappa shape index (κ3) is 8.22. The topological polar surface area (TPSA) is 83.5 Å². The standard InChI is InChI=1S/C35H53NO7Si/c1-23-18-31-29-16-17-33(38)42-27(21-32(37)36(5)40-7)20-28(43-44(8,9)35(2,3)4)19-25(29)12-15-30(31)34(23)41-22-24-10-13-26(39-6)14-11-24/h10-17,23,25,27-31,34H,18-22H2,1-9H3/b17-16-/t23-,25+,27+,28+,29-,30-,31+,34-/m1/s1. The maximum atomic E-state index is 13.1. The van der Waals surface area contributed by atoms with Crippen molar-refractivity contribution in [3.05, 3.63) is 54.1 Å². The number of fused-ring (bicyclic) bond motifs is 3. The van der Waals surface area contributed by atoms with Crippen LogP contribution in [-0.4, -0.2) is 64.8 Å². The number of nitrogens with zero attached hydrogens (tertiary/aromatic N) is 1. The first kappa shape index (κ1) is 34.4. The van der Waals surface area contributed by atoms with Gasteiger partial charge in [-0.1, -0.05) is 58.1 Å². The third-order valence-electron chi connectivity index (χ3n) is 10.3. The quantitative estimate of drug-likeness (QED) is 0.130. The second-order valence-electron chi connectivity index (χ2n) is 14.4. The summed E-state index contributed by atoms with van der Waals surface area (Å²) in [5.41, 5.74) is 1.12. The highest BCUT2D eigenvalue weighted by molar-refractivity contribution is 6.74. The molecule has 0 unspecified atom stereocenters. The molecule has 0 N–H and O–H groups in total. The number of carbonyl (C=O) groups excluding carboxylic acids is 2. The number of methoxy groups -OCH3 is 1. The van der Waals surface area contributed by atoms with Gasteiger partial charge in [-0.15, -0.1) is 0 Å². The number of amides is 1. The summed E-state index contributed by atoms with van der Waals surface area (Å²) in [6.45, 7) is 14.0. The second-order valence-corrected chi connectivity index (χ2v) is 19.1. The summed E-state index contributed by atoms with van der Waals surface area (Å²) in [4.78, 5) is 31.0. The van der Waals surface area contributed by atoms with Crippen molar-refractivity contribution in [1.29, 1.82) is 0 Å². The summed E-state index contributed by atoms with van der Waals surface area (Å²) in [6.07, 6.45) is 10.0. The van der Waals surface area contributed by atoms with Crippen LogP contribution in [0.4, 0.5) is 0 Å². The van der Waals surface area contributed by atoms with Crippen LogP contribution in [0.2, 0.25) is 18.1 Å². The molecule has 1 aromatic rings. The van der Waals surface area contributed by atoms with Gasteiger partial charge in [-0.25, -0.2) is 9.86 Å². The van der Waals surface area contributed by atoms with Crippen LogP contribution in [0.3, 0.4) is 0 Å². The molecule has 8 nitrogen and oxygen atoms in total. The Bertz CT molecular complexity index is 1190. The zero-order valence-corrected chi connectivity index (χ0v) is 29.1. The number of esters is 1. The number of hydroxylamine groups is 2. The number of rotatable bonds is 9. The molecule has 3 aliphatic rings. The smallest absolute Gasteiger partial charge is 0.330 e. The molecule has 1 fully saturated rings. The molecule has 0 bridgehead atoms. The Labute approximate surface area is 265 Å². The zero-order chi connectivity index (χ0) is 32.2. The Morgan fingerprint density at radius 2 is 1.73 bits per heavy atom. The Kier molecular flexibility index (Phi) is 11.2. The highest BCUT2D eigenvalue weighted by Crippen LogP contribution is 2.50. The van der Waals surface area contributed by atoms with Crippen LogP contribution >= 0.6 is 0 Å². The predicted molar refractivity (Wildman–Crippen MR) is 173 cm³/mol. The van der Waals surface area contributed by atoms with E-state index in [0.29, 0.717) is 24.9 Å². The van der Waals surface area contributed by atoms with Gasteiger partial charge in [0, 0.05) is 31.6 Å². The number of hydrogen-bond acceptors (Lipinski definition) is 7. The van der Waals surface area contributed by atoms with Gasteiger partial charge < -0.3 is 18.6 Å². The van der Waals surface area contributed by atoms with E-state index in [1.54, 1.807) is 20.2 Å². The molecule has 1 saturated carbocycles. The molecule has 244 valence electrons. The van der Waals surface area contributed by atoms with Crippen LogP contribution in [-0.2, 0) is 34.9 Å². The first-order valence-electron chi connectivity index (χ1n) is 16.0. The Balaban J connectivity index is 1.57. The van der Waals surface area contributed by atoms with E-state index >= 15 is 0 Å². The monoisotopic (exact) mass is 627 g/mol. The lowest BCUT2D eigenvalue weighted by Crippen LogP contribution is -2.46. The van der Waals surface area contributed by atoms with Crippen molar-refractivity contribution in [2.24, 2.45) is 29.6 Å². The second kappa shape index (κ2) is 14.3. The van der Waals surface area contributed by atoms with Gasteiger partial charge >= 0.3 is 5.97 Å². The number of benzene rings is 1. The minimum absolute atomic E-state index is 0.0166. The van der Waals surface area contributed by atoms with Crippen LogP contribution < -0.4 is 4.74 Å². The van der Waals surface area contributed by atoms with Crippen molar-refractivity contribution in [1.82, 2.24) is 5.06 Å². The molecule has 0 saturated heterocycles. The number of carbonyl (C=O) groups is 2. The van der Waals surface area contributed by atoms with E-state index in [4.69, 9.17) is 23.5 Å². The van der Waals surface area contributed by atoms with Crippen molar-refractivity contribution in [3.63, 3.8) is 0 Å². The van der Waals surface area contributed by atoms with Crippen LogP contribution in [0.25, 0.3) is 0 Å². The van der Waals surface area contributed by atoms with Crippen LogP contribution in [0, 0.1) is 29.6 Å². The SMILES string of the molecule is COc1ccc(CO[C@H]2[C@@H]3C=C[C@H]4C[C@H](O[Si](C)(C)C(C)(C)C)C[C@@H](CC(=O)N(C)OC)OC(=O)/C=C\[C@H]4[C@@H]3C[C@H]2C)cc1. The molecular weight excluding hydrogens is 574 g/mol. The first-order chi connectivity index (χ1) is 20.7. The lowest BCUT2D eigenvalue weighted by atomic mass is 9.69. The van der Waals surface area contributed by atoms with E-state index in [1.165, 1.54) is 12.2 Å². The van der Waals surface area contributed by atoms with Gasteiger partial charge in [0.15, 0.2) is 8.32 Å². The normalized spacial score (nSPS) is 31.4. The van der Waals surface area contributed by atoms with Gasteiger partial charge in [-0.05, 0) is 72.3 Å². The maximum Gasteiger partial charge on any atom is 0.330 e. The molecule has 1 amide bonds. The summed E-state index contributed by atoms with van der Waals surface area (Å²) < 4.78 is 24.8. The average Bonchev–Trinajstić information content (AvgIpc) is 3.28. The highest BCUT2D eigenvalue weighted by Gasteiger charge is 2.48. The van der Waals surface area contributed by atoms with E-state index in [2.05, 4.69) is 71.1 Å². The van der Waals surface area contributed by atoms with Crippen molar-refractivity contribution >= 4 is 20.2 Å². The van der Waals surface area contributed by atoms with Crippen LogP contribution in [0.5, 0.6) is 5.75 Å². The van der Waals surface area contributed by atoms with Crippen LogP contribution in [0.1, 0.15) is 58.9 Å². The minimum atomic E-state index is -2.16. The number of hydrogen-bond donors (Lipinski definition) is 0. The molecule has 1 aliphatic heterocycles. The molecule has 0 aromatic heterocycles. The van der Waals surface area contributed by atoms with Crippen molar-refractivity contribution in [3.8, 4) is 5.75 Å². The van der Waals surface area contributed by atoms with Crippen LogP contribution in [0.15, 0.2) is 48.6 Å². The van der Waals surface area contributed by atoms with Gasteiger partial charge in [-0.2, -0.15) is 0 Å². The maximum absolute atomic E-state index is 13.1. The van der Waals surface area contributed by atoms with Gasteiger partial charge in [0.1, 0.15) is 11.9 Å². The summed E-state index contributed by atoms with van der Waals surface area (Å²) in [7, 11) is 2.53. The van der Waals surface area contributed by atoms with E-state index in [1.807, 2.05) is 12.1 Å². The number of cyclic esters (lactones) is 1. The third-order valence-corrected chi connectivity index (χ3v) is 14.9. The lowest BCUT2D eigenvalue weighted by Gasteiger charge is -2.43. The first-order valence-corrected chi connectivity index (χ1v) is 18.9. The van der Waals surface area contributed by atoms with Gasteiger partial charge in [-0.3, -0.25) is 9.63 Å². The lowest BCUT2D eigenvalue weighted by molar-refractivity contribution is -0.172. The fourth-order valence-electron chi connectivity index (χ4n) is 6.81. The summed E-state index contributed by atoms with van der Waals surface area (Å²) >= 11 is 0. The van der Waals surface area contributed by atoms with Crippen molar-refractivity contribution in [2.45, 2.75) is 96.4 Å².